The van der Waals surface area contributed by atoms with Crippen LogP contribution in [0.1, 0.15) is 43.6 Å². The number of nitrogens with zero attached hydrogens (tertiary/aromatic N) is 3. The topological polar surface area (TPSA) is 30.3 Å². The first kappa shape index (κ1) is 15.4. The fourth-order valence-corrected chi connectivity index (χ4v) is 4.48. The first-order valence-corrected chi connectivity index (χ1v) is 9.24. The number of ether oxygens (including phenoxy) is 1. The van der Waals surface area contributed by atoms with Crippen LogP contribution >= 0.6 is 11.8 Å². The molecule has 21 heavy (non-hydrogen) atoms. The number of likely N-dealkylation sites (tertiary alicyclic amines) is 1. The van der Waals surface area contributed by atoms with Gasteiger partial charge in [-0.3, -0.25) is 9.58 Å². The number of piperidine rings is 1. The lowest BCUT2D eigenvalue weighted by atomic mass is 9.93. The van der Waals surface area contributed by atoms with Crippen molar-refractivity contribution in [1.29, 1.82) is 0 Å². The molecule has 1 saturated heterocycles. The molecule has 3 heterocycles. The number of thioether (sulfide) groups is 1. The van der Waals surface area contributed by atoms with E-state index in [0.717, 1.165) is 51.3 Å². The summed E-state index contributed by atoms with van der Waals surface area (Å²) in [5.74, 6) is 2.36. The molecule has 0 saturated carbocycles. The third-order valence-electron chi connectivity index (χ3n) is 4.87. The van der Waals surface area contributed by atoms with Gasteiger partial charge in [-0.1, -0.05) is 0 Å². The second-order valence-electron chi connectivity index (χ2n) is 6.46. The molecule has 3 rings (SSSR count). The van der Waals surface area contributed by atoms with E-state index in [2.05, 4.69) is 30.5 Å². The average molecular weight is 309 g/mol. The Labute approximate surface area is 132 Å². The maximum absolute atomic E-state index is 5.92. The van der Waals surface area contributed by atoms with Gasteiger partial charge in [0.05, 0.1) is 17.0 Å². The monoisotopic (exact) mass is 309 g/mol. The Morgan fingerprint density at radius 2 is 2.10 bits per heavy atom. The molecule has 1 aromatic rings. The van der Waals surface area contributed by atoms with Crippen molar-refractivity contribution in [3.63, 3.8) is 0 Å². The van der Waals surface area contributed by atoms with Crippen LogP contribution in [0.3, 0.4) is 0 Å². The highest BCUT2D eigenvalue weighted by atomic mass is 32.2. The summed E-state index contributed by atoms with van der Waals surface area (Å²) in [5.41, 5.74) is 4.36. The smallest absolute Gasteiger partial charge is 0.0678 e. The average Bonchev–Trinajstić information content (AvgIpc) is 2.78. The Kier molecular flexibility index (Phi) is 4.62. The van der Waals surface area contributed by atoms with Crippen molar-refractivity contribution in [3.8, 4) is 0 Å². The van der Waals surface area contributed by atoms with Gasteiger partial charge in [-0.05, 0) is 32.4 Å². The molecular weight excluding hydrogens is 282 g/mol. The summed E-state index contributed by atoms with van der Waals surface area (Å²) < 4.78 is 8.04. The van der Waals surface area contributed by atoms with E-state index in [-0.39, 0.29) is 5.60 Å². The minimum atomic E-state index is 0.0903. The zero-order chi connectivity index (χ0) is 14.9. The Morgan fingerprint density at radius 1 is 1.33 bits per heavy atom. The van der Waals surface area contributed by atoms with Crippen LogP contribution in [0.25, 0.3) is 0 Å². The predicted octanol–water partition coefficient (Wildman–Crippen LogP) is 2.60. The predicted molar refractivity (Wildman–Crippen MR) is 87.6 cm³/mol. The summed E-state index contributed by atoms with van der Waals surface area (Å²) in [6, 6.07) is 0. The van der Waals surface area contributed by atoms with Crippen molar-refractivity contribution < 1.29 is 4.74 Å². The largest absolute Gasteiger partial charge is 0.375 e. The Balaban J connectivity index is 1.65. The number of hydrogen-bond acceptors (Lipinski definition) is 4. The Bertz CT molecular complexity index is 492. The zero-order valence-corrected chi connectivity index (χ0v) is 14.3. The van der Waals surface area contributed by atoms with E-state index in [1.54, 1.807) is 0 Å². The number of fused-ring (bicyclic) bond motifs is 1. The summed E-state index contributed by atoms with van der Waals surface area (Å²) in [6.07, 6.45) is 3.40. The molecule has 0 atom stereocenters. The molecule has 0 spiro atoms. The van der Waals surface area contributed by atoms with Gasteiger partial charge in [0.2, 0.25) is 0 Å². The zero-order valence-electron chi connectivity index (χ0n) is 13.5. The van der Waals surface area contributed by atoms with E-state index in [1.807, 2.05) is 11.8 Å². The van der Waals surface area contributed by atoms with Gasteiger partial charge in [0.1, 0.15) is 0 Å². The van der Waals surface area contributed by atoms with Gasteiger partial charge < -0.3 is 4.74 Å². The van der Waals surface area contributed by atoms with Crippen molar-refractivity contribution >= 4 is 11.8 Å². The molecule has 5 heteroatoms. The van der Waals surface area contributed by atoms with Crippen LogP contribution in [0.4, 0.5) is 0 Å². The molecule has 0 aliphatic carbocycles. The molecule has 0 amide bonds. The van der Waals surface area contributed by atoms with Gasteiger partial charge >= 0.3 is 0 Å². The summed E-state index contributed by atoms with van der Waals surface area (Å²) in [4.78, 5) is 2.57. The highest BCUT2D eigenvalue weighted by molar-refractivity contribution is 7.98. The van der Waals surface area contributed by atoms with Crippen LogP contribution < -0.4 is 0 Å². The Morgan fingerprint density at radius 3 is 2.81 bits per heavy atom. The molecular formula is C16H27N3OS. The summed E-state index contributed by atoms with van der Waals surface area (Å²) in [7, 11) is 2.10. The lowest BCUT2D eigenvalue weighted by molar-refractivity contribution is -0.0671. The number of aryl methyl sites for hydroxylation is 2. The molecule has 118 valence electrons. The molecule has 2 aliphatic rings. The summed E-state index contributed by atoms with van der Waals surface area (Å²) in [6.45, 7) is 8.48. The summed E-state index contributed by atoms with van der Waals surface area (Å²) in [5, 5.41) is 4.73. The van der Waals surface area contributed by atoms with Gasteiger partial charge in [0, 0.05) is 51.0 Å². The second-order valence-corrected chi connectivity index (χ2v) is 7.56. The van der Waals surface area contributed by atoms with Gasteiger partial charge in [-0.15, -0.1) is 0 Å². The standard InChI is InChI=1S/C16H27N3OS/c1-4-20-16(2)6-8-19(9-7-16)11-15-13-12-21-10-5-14(13)17-18(15)3/h4-12H2,1-3H3. The molecule has 0 bridgehead atoms. The van der Waals surface area contributed by atoms with E-state index in [4.69, 9.17) is 9.84 Å². The molecule has 0 aromatic carbocycles. The summed E-state index contributed by atoms with van der Waals surface area (Å²) >= 11 is 2.04. The highest BCUT2D eigenvalue weighted by Crippen LogP contribution is 2.30. The van der Waals surface area contributed by atoms with Crippen molar-refractivity contribution in [2.24, 2.45) is 7.05 Å². The molecule has 1 aromatic heterocycles. The van der Waals surface area contributed by atoms with E-state index < -0.39 is 0 Å². The SMILES string of the molecule is CCOC1(C)CCN(Cc2c3c(nn2C)CCSC3)CC1. The fraction of sp³-hybridized carbons (Fsp3) is 0.812. The van der Waals surface area contributed by atoms with Crippen LogP contribution in [0.2, 0.25) is 0 Å². The number of rotatable bonds is 4. The molecule has 0 unspecified atom stereocenters. The highest BCUT2D eigenvalue weighted by Gasteiger charge is 2.31. The molecule has 0 N–H and O–H groups in total. The van der Waals surface area contributed by atoms with Crippen LogP contribution in [0, 0.1) is 0 Å². The minimum Gasteiger partial charge on any atom is -0.375 e. The van der Waals surface area contributed by atoms with E-state index >= 15 is 0 Å². The first-order valence-electron chi connectivity index (χ1n) is 8.09. The van der Waals surface area contributed by atoms with Crippen LogP contribution in [0.5, 0.6) is 0 Å². The third-order valence-corrected chi connectivity index (χ3v) is 5.85. The second kappa shape index (κ2) is 6.31. The normalized spacial score (nSPS) is 22.2. The third kappa shape index (κ3) is 3.30. The molecule has 1 fully saturated rings. The fourth-order valence-electron chi connectivity index (χ4n) is 3.46. The van der Waals surface area contributed by atoms with Gasteiger partial charge in [0.15, 0.2) is 0 Å². The van der Waals surface area contributed by atoms with Crippen molar-refractivity contribution in [2.45, 2.75) is 51.0 Å². The number of hydrogen-bond donors (Lipinski definition) is 0. The van der Waals surface area contributed by atoms with Gasteiger partial charge in [-0.2, -0.15) is 16.9 Å². The quantitative estimate of drug-likeness (QED) is 0.855. The Hall–Kier alpha value is -0.520. The van der Waals surface area contributed by atoms with Gasteiger partial charge in [0.25, 0.3) is 0 Å². The molecule has 0 radical (unpaired) electrons. The molecule has 4 nitrogen and oxygen atoms in total. The van der Waals surface area contributed by atoms with E-state index in [9.17, 15) is 0 Å². The maximum Gasteiger partial charge on any atom is 0.0678 e. The molecule has 2 aliphatic heterocycles. The number of aromatic nitrogens is 2. The van der Waals surface area contributed by atoms with Crippen LogP contribution in [0.15, 0.2) is 0 Å². The lowest BCUT2D eigenvalue weighted by Crippen LogP contribution is -2.44. The van der Waals surface area contributed by atoms with Gasteiger partial charge in [-0.25, -0.2) is 0 Å². The maximum atomic E-state index is 5.92. The first-order chi connectivity index (χ1) is 10.1. The minimum absolute atomic E-state index is 0.0903. The van der Waals surface area contributed by atoms with Crippen molar-refractivity contribution in [2.75, 3.05) is 25.4 Å². The van der Waals surface area contributed by atoms with Crippen molar-refractivity contribution in [1.82, 2.24) is 14.7 Å². The van der Waals surface area contributed by atoms with E-state index in [0.29, 0.717) is 0 Å². The van der Waals surface area contributed by atoms with Crippen molar-refractivity contribution in [3.05, 3.63) is 17.0 Å². The van der Waals surface area contributed by atoms with Crippen LogP contribution in [-0.4, -0.2) is 45.7 Å². The van der Waals surface area contributed by atoms with E-state index in [1.165, 1.54) is 22.7 Å². The lowest BCUT2D eigenvalue weighted by Gasteiger charge is -2.39. The van der Waals surface area contributed by atoms with Crippen LogP contribution in [-0.2, 0) is 30.5 Å².